The Labute approximate surface area is 185 Å². The zero-order valence-electron chi connectivity index (χ0n) is 18.6. The Morgan fingerprint density at radius 2 is 1.87 bits per heavy atom. The molecule has 0 bridgehead atoms. The van der Waals surface area contributed by atoms with E-state index in [0.717, 1.165) is 51.3 Å². The molecule has 2 saturated heterocycles. The smallest absolute Gasteiger partial charge is 0.225 e. The largest absolute Gasteiger partial charge is 0.352 e. The van der Waals surface area contributed by atoms with E-state index >= 15 is 0 Å². The minimum atomic E-state index is 0.231. The van der Waals surface area contributed by atoms with Gasteiger partial charge in [-0.25, -0.2) is 0 Å². The van der Waals surface area contributed by atoms with E-state index in [-0.39, 0.29) is 17.9 Å². The average molecular weight is 426 g/mol. The van der Waals surface area contributed by atoms with Crippen molar-refractivity contribution in [2.75, 3.05) is 26.7 Å². The van der Waals surface area contributed by atoms with Crippen molar-refractivity contribution in [1.29, 1.82) is 0 Å². The minimum absolute atomic E-state index is 0.231. The lowest BCUT2D eigenvalue weighted by molar-refractivity contribution is -0.134. The molecule has 1 aliphatic carbocycles. The van der Waals surface area contributed by atoms with E-state index in [1.54, 1.807) is 7.05 Å². The van der Waals surface area contributed by atoms with Gasteiger partial charge < -0.3 is 20.4 Å². The zero-order chi connectivity index (χ0) is 21.6. The summed E-state index contributed by atoms with van der Waals surface area (Å²) < 4.78 is 0. The monoisotopic (exact) mass is 425 g/mol. The Balaban J connectivity index is 1.28. The molecule has 1 atom stereocenters. The highest BCUT2D eigenvalue weighted by molar-refractivity contribution is 5.81. The lowest BCUT2D eigenvalue weighted by Gasteiger charge is -2.22. The van der Waals surface area contributed by atoms with Crippen LogP contribution in [0.1, 0.15) is 56.1 Å². The van der Waals surface area contributed by atoms with Crippen LogP contribution < -0.4 is 10.6 Å². The number of hydrogen-bond acceptors (Lipinski definition) is 3. The number of carbonyl (C=O) groups excluding carboxylic acids is 2. The number of nitrogens with one attached hydrogen (secondary N) is 2. The molecule has 2 heterocycles. The van der Waals surface area contributed by atoms with Gasteiger partial charge in [-0.3, -0.25) is 14.6 Å². The number of likely N-dealkylation sites (tertiary alicyclic amines) is 2. The first-order chi connectivity index (χ1) is 15.1. The molecule has 7 nitrogen and oxygen atoms in total. The van der Waals surface area contributed by atoms with Gasteiger partial charge in [0.25, 0.3) is 0 Å². The second-order valence-electron chi connectivity index (χ2n) is 9.01. The van der Waals surface area contributed by atoms with E-state index in [4.69, 9.17) is 0 Å². The maximum Gasteiger partial charge on any atom is 0.225 e. The normalized spacial score (nSPS) is 22.4. The number of rotatable bonds is 6. The number of aliphatic imine (C=N–C) groups is 1. The van der Waals surface area contributed by atoms with E-state index in [2.05, 4.69) is 27.8 Å². The van der Waals surface area contributed by atoms with Gasteiger partial charge in [-0.1, -0.05) is 37.1 Å². The van der Waals surface area contributed by atoms with E-state index in [0.29, 0.717) is 25.4 Å². The van der Waals surface area contributed by atoms with Crippen LogP contribution in [0.3, 0.4) is 0 Å². The van der Waals surface area contributed by atoms with Crippen molar-refractivity contribution < 1.29 is 9.59 Å². The Kier molecular flexibility index (Phi) is 7.10. The third-order valence-electron chi connectivity index (χ3n) is 6.87. The second-order valence-corrected chi connectivity index (χ2v) is 9.01. The lowest BCUT2D eigenvalue weighted by Crippen LogP contribution is -2.45. The van der Waals surface area contributed by atoms with Gasteiger partial charge in [-0.15, -0.1) is 0 Å². The van der Waals surface area contributed by atoms with Gasteiger partial charge in [0, 0.05) is 58.2 Å². The number of carbonyl (C=O) groups is 2. The molecule has 0 spiro atoms. The molecule has 3 aliphatic rings. The van der Waals surface area contributed by atoms with Gasteiger partial charge in [0.1, 0.15) is 0 Å². The Bertz CT molecular complexity index is 818. The summed E-state index contributed by atoms with van der Waals surface area (Å²) in [4.78, 5) is 33.1. The van der Waals surface area contributed by atoms with Crippen molar-refractivity contribution in [3.8, 4) is 0 Å². The first kappa shape index (κ1) is 21.7. The van der Waals surface area contributed by atoms with Gasteiger partial charge in [0.05, 0.1) is 0 Å². The highest BCUT2D eigenvalue weighted by atomic mass is 16.2. The Hall–Kier alpha value is -2.57. The van der Waals surface area contributed by atoms with Crippen molar-refractivity contribution in [1.82, 2.24) is 20.4 Å². The van der Waals surface area contributed by atoms with Crippen molar-refractivity contribution >= 4 is 17.8 Å². The van der Waals surface area contributed by atoms with E-state index in [1.165, 1.54) is 24.0 Å². The summed E-state index contributed by atoms with van der Waals surface area (Å²) in [6.45, 7) is 3.75. The van der Waals surface area contributed by atoms with Crippen LogP contribution in [0, 0.1) is 5.92 Å². The summed E-state index contributed by atoms with van der Waals surface area (Å²) in [5.74, 6) is 1.59. The third-order valence-corrected chi connectivity index (χ3v) is 6.87. The number of amides is 2. The molecule has 7 heteroatoms. The van der Waals surface area contributed by atoms with Crippen LogP contribution in [0.25, 0.3) is 0 Å². The summed E-state index contributed by atoms with van der Waals surface area (Å²) in [6, 6.07) is 8.50. The lowest BCUT2D eigenvalue weighted by atomic mass is 10.1. The predicted octanol–water partition coefficient (Wildman–Crippen LogP) is 2.27. The summed E-state index contributed by atoms with van der Waals surface area (Å²) >= 11 is 0. The van der Waals surface area contributed by atoms with Gasteiger partial charge in [0.2, 0.25) is 11.8 Å². The number of guanidine groups is 1. The van der Waals surface area contributed by atoms with Crippen LogP contribution in [0.15, 0.2) is 29.3 Å². The fourth-order valence-corrected chi connectivity index (χ4v) is 5.04. The first-order valence-electron chi connectivity index (χ1n) is 11.7. The highest BCUT2D eigenvalue weighted by Crippen LogP contribution is 2.27. The summed E-state index contributed by atoms with van der Waals surface area (Å²) in [6.07, 6.45) is 7.06. The highest BCUT2D eigenvalue weighted by Gasteiger charge is 2.32. The minimum Gasteiger partial charge on any atom is -0.352 e. The fraction of sp³-hybridized carbons (Fsp3) is 0.625. The summed E-state index contributed by atoms with van der Waals surface area (Å²) in [7, 11) is 1.78. The SMILES string of the molecule is CN=C(NCc1ccccc1CN1CCCC1=O)NC1CCN(C(=O)C2CCCC2)C1. The number of benzene rings is 1. The quantitative estimate of drug-likeness (QED) is 0.541. The molecule has 1 unspecified atom stereocenters. The molecular weight excluding hydrogens is 390 g/mol. The standard InChI is InChI=1S/C24H35N5O2/c1-25-24(27-21-12-14-29(17-21)23(31)18-7-2-3-8-18)26-15-19-9-4-5-10-20(19)16-28-13-6-11-22(28)30/h4-5,9-10,18,21H,2-3,6-8,11-17H2,1H3,(H2,25,26,27). The molecule has 0 radical (unpaired) electrons. The van der Waals surface area contributed by atoms with Crippen LogP contribution >= 0.6 is 0 Å². The first-order valence-corrected chi connectivity index (χ1v) is 11.7. The maximum absolute atomic E-state index is 12.7. The Morgan fingerprint density at radius 1 is 1.10 bits per heavy atom. The molecule has 2 N–H and O–H groups in total. The number of hydrogen-bond donors (Lipinski definition) is 2. The van der Waals surface area contributed by atoms with Crippen molar-refractivity contribution in [3.63, 3.8) is 0 Å². The molecule has 3 fully saturated rings. The van der Waals surface area contributed by atoms with Crippen LogP contribution in [0.4, 0.5) is 0 Å². The maximum atomic E-state index is 12.7. The molecule has 2 aliphatic heterocycles. The van der Waals surface area contributed by atoms with Crippen molar-refractivity contribution in [2.24, 2.45) is 10.9 Å². The predicted molar refractivity (Wildman–Crippen MR) is 121 cm³/mol. The fourth-order valence-electron chi connectivity index (χ4n) is 5.04. The molecule has 1 aromatic carbocycles. The van der Waals surface area contributed by atoms with E-state index in [9.17, 15) is 9.59 Å². The zero-order valence-corrected chi connectivity index (χ0v) is 18.6. The van der Waals surface area contributed by atoms with Crippen molar-refractivity contribution in [2.45, 2.75) is 64.1 Å². The van der Waals surface area contributed by atoms with Crippen LogP contribution in [-0.4, -0.2) is 60.3 Å². The molecule has 1 saturated carbocycles. The van der Waals surface area contributed by atoms with Crippen LogP contribution in [-0.2, 0) is 22.7 Å². The third kappa shape index (κ3) is 5.38. The molecule has 2 amide bonds. The van der Waals surface area contributed by atoms with Crippen LogP contribution in [0.5, 0.6) is 0 Å². The second kappa shape index (κ2) is 10.2. The van der Waals surface area contributed by atoms with Crippen LogP contribution in [0.2, 0.25) is 0 Å². The molecular formula is C24H35N5O2. The molecule has 0 aromatic heterocycles. The van der Waals surface area contributed by atoms with Gasteiger partial charge in [0.15, 0.2) is 5.96 Å². The summed E-state index contributed by atoms with van der Waals surface area (Å²) in [5, 5.41) is 6.91. The molecule has 1 aromatic rings. The number of nitrogens with zero attached hydrogens (tertiary/aromatic N) is 3. The van der Waals surface area contributed by atoms with Gasteiger partial charge in [-0.05, 0) is 36.8 Å². The van der Waals surface area contributed by atoms with E-state index in [1.807, 2.05) is 21.9 Å². The van der Waals surface area contributed by atoms with Crippen molar-refractivity contribution in [3.05, 3.63) is 35.4 Å². The van der Waals surface area contributed by atoms with Gasteiger partial charge in [-0.2, -0.15) is 0 Å². The topological polar surface area (TPSA) is 77.0 Å². The molecule has 31 heavy (non-hydrogen) atoms. The van der Waals surface area contributed by atoms with Gasteiger partial charge >= 0.3 is 0 Å². The molecule has 168 valence electrons. The Morgan fingerprint density at radius 3 is 2.58 bits per heavy atom. The average Bonchev–Trinajstić information content (AvgIpc) is 3.55. The summed E-state index contributed by atoms with van der Waals surface area (Å²) in [5.41, 5.74) is 2.35. The van der Waals surface area contributed by atoms with E-state index < -0.39 is 0 Å². The molecule has 4 rings (SSSR count).